The van der Waals surface area contributed by atoms with E-state index in [-0.39, 0.29) is 17.2 Å². The fourth-order valence-electron chi connectivity index (χ4n) is 3.64. The summed E-state index contributed by atoms with van der Waals surface area (Å²) in [5.74, 6) is 0.604. The number of nitrogens with zero attached hydrogens (tertiary/aromatic N) is 7. The molecule has 1 aromatic heterocycles. The van der Waals surface area contributed by atoms with Gasteiger partial charge in [-0.3, -0.25) is 14.9 Å². The fraction of sp³-hybridized carbons (Fsp3) is 0.318. The van der Waals surface area contributed by atoms with E-state index in [1.807, 2.05) is 30.3 Å². The maximum absolute atomic E-state index is 12.1. The Morgan fingerprint density at radius 3 is 2.73 bits per heavy atom. The van der Waals surface area contributed by atoms with Gasteiger partial charge in [-0.05, 0) is 30.0 Å². The first-order valence-electron chi connectivity index (χ1n) is 10.7. The number of piperidine rings is 1. The van der Waals surface area contributed by atoms with Gasteiger partial charge >= 0.3 is 0 Å². The molecule has 1 amide bonds. The predicted octanol–water partition coefficient (Wildman–Crippen LogP) is 2.63. The van der Waals surface area contributed by atoms with Crippen LogP contribution in [0.1, 0.15) is 25.3 Å². The molecule has 1 aliphatic rings. The molecule has 0 atom stereocenters. The number of anilines is 1. The average molecular weight is 448 g/mol. The number of hydrogen-bond acceptors (Lipinski definition) is 8. The van der Waals surface area contributed by atoms with Crippen LogP contribution in [-0.4, -0.2) is 50.3 Å². The third-order valence-corrected chi connectivity index (χ3v) is 5.49. The van der Waals surface area contributed by atoms with Crippen molar-refractivity contribution in [3.05, 3.63) is 64.2 Å². The SMILES string of the molecule is CC1CCN(c2ccc(C=NNC(=O)Cn3nnc(-c4ccccc4)n3)cc2[N+](=O)[O-])CC1. The third kappa shape index (κ3) is 5.56. The molecular formula is C22H24N8O3. The van der Waals surface area contributed by atoms with Crippen LogP contribution in [0.5, 0.6) is 0 Å². The molecule has 33 heavy (non-hydrogen) atoms. The van der Waals surface area contributed by atoms with E-state index in [2.05, 4.69) is 37.8 Å². The Balaban J connectivity index is 1.37. The second kappa shape index (κ2) is 9.98. The van der Waals surface area contributed by atoms with Gasteiger partial charge < -0.3 is 4.90 Å². The summed E-state index contributed by atoms with van der Waals surface area (Å²) in [6.07, 6.45) is 3.40. The first kappa shape index (κ1) is 22.1. The van der Waals surface area contributed by atoms with Crippen molar-refractivity contribution in [1.29, 1.82) is 0 Å². The highest BCUT2D eigenvalue weighted by molar-refractivity contribution is 5.84. The number of tetrazole rings is 1. The molecule has 2 heterocycles. The Hall–Kier alpha value is -4.15. The molecule has 0 saturated carbocycles. The first-order valence-corrected chi connectivity index (χ1v) is 10.7. The summed E-state index contributed by atoms with van der Waals surface area (Å²) in [5.41, 5.74) is 4.33. The van der Waals surface area contributed by atoms with Crippen molar-refractivity contribution < 1.29 is 9.72 Å². The lowest BCUT2D eigenvalue weighted by Crippen LogP contribution is -2.33. The van der Waals surface area contributed by atoms with Gasteiger partial charge in [0, 0.05) is 30.3 Å². The normalized spacial score (nSPS) is 14.5. The van der Waals surface area contributed by atoms with Crippen LogP contribution in [0, 0.1) is 16.0 Å². The molecule has 1 fully saturated rings. The molecule has 11 nitrogen and oxygen atoms in total. The summed E-state index contributed by atoms with van der Waals surface area (Å²) >= 11 is 0. The lowest BCUT2D eigenvalue weighted by Gasteiger charge is -2.31. The second-order valence-electron chi connectivity index (χ2n) is 7.98. The second-order valence-corrected chi connectivity index (χ2v) is 7.98. The third-order valence-electron chi connectivity index (χ3n) is 5.49. The van der Waals surface area contributed by atoms with Gasteiger partial charge in [-0.15, -0.1) is 10.2 Å². The van der Waals surface area contributed by atoms with Crippen molar-refractivity contribution in [3.63, 3.8) is 0 Å². The lowest BCUT2D eigenvalue weighted by atomic mass is 9.98. The molecule has 0 spiro atoms. The summed E-state index contributed by atoms with van der Waals surface area (Å²) in [7, 11) is 0. The maximum Gasteiger partial charge on any atom is 0.293 e. The van der Waals surface area contributed by atoms with Crippen molar-refractivity contribution in [2.75, 3.05) is 18.0 Å². The largest absolute Gasteiger partial charge is 0.366 e. The minimum Gasteiger partial charge on any atom is -0.366 e. The van der Waals surface area contributed by atoms with Gasteiger partial charge in [-0.1, -0.05) is 43.3 Å². The minimum atomic E-state index is -0.447. The minimum absolute atomic E-state index is 0.0279. The number of carbonyl (C=O) groups is 1. The molecule has 0 bridgehead atoms. The van der Waals surface area contributed by atoms with E-state index in [1.165, 1.54) is 17.1 Å². The van der Waals surface area contributed by atoms with Gasteiger partial charge in [0.15, 0.2) is 0 Å². The number of hydrazone groups is 1. The van der Waals surface area contributed by atoms with Crippen LogP contribution < -0.4 is 10.3 Å². The number of aromatic nitrogens is 4. The Labute approximate surface area is 190 Å². The first-order chi connectivity index (χ1) is 16.0. The highest BCUT2D eigenvalue weighted by atomic mass is 16.6. The van der Waals surface area contributed by atoms with Gasteiger partial charge in [0.25, 0.3) is 11.6 Å². The highest BCUT2D eigenvalue weighted by Crippen LogP contribution is 2.32. The standard InChI is InChI=1S/C22H24N8O3/c1-16-9-11-28(12-10-16)19-8-7-17(13-20(19)30(32)33)14-23-24-21(31)15-29-26-22(25-27-29)18-5-3-2-4-6-18/h2-8,13-14,16H,9-12,15H2,1H3,(H,24,31). The number of nitro groups is 1. The van der Waals surface area contributed by atoms with Gasteiger partial charge in [0.05, 0.1) is 11.1 Å². The van der Waals surface area contributed by atoms with E-state index < -0.39 is 5.91 Å². The molecule has 1 aliphatic heterocycles. The van der Waals surface area contributed by atoms with Gasteiger partial charge in [0.1, 0.15) is 12.2 Å². The average Bonchev–Trinajstić information content (AvgIpc) is 3.28. The quantitative estimate of drug-likeness (QED) is 0.334. The van der Waals surface area contributed by atoms with Crippen LogP contribution in [0.25, 0.3) is 11.4 Å². The number of hydrogen-bond donors (Lipinski definition) is 1. The molecule has 0 radical (unpaired) electrons. The molecule has 11 heteroatoms. The van der Waals surface area contributed by atoms with E-state index in [0.29, 0.717) is 23.0 Å². The maximum atomic E-state index is 12.1. The van der Waals surface area contributed by atoms with E-state index in [4.69, 9.17) is 0 Å². The van der Waals surface area contributed by atoms with Crippen LogP contribution in [-0.2, 0) is 11.3 Å². The molecule has 4 rings (SSSR count). The van der Waals surface area contributed by atoms with Crippen LogP contribution in [0.4, 0.5) is 11.4 Å². The van der Waals surface area contributed by atoms with Gasteiger partial charge in [0.2, 0.25) is 5.82 Å². The molecule has 3 aromatic rings. The Kier molecular flexibility index (Phi) is 6.67. The Morgan fingerprint density at radius 1 is 1.24 bits per heavy atom. The zero-order valence-corrected chi connectivity index (χ0v) is 18.2. The van der Waals surface area contributed by atoms with Crippen molar-refractivity contribution in [2.24, 2.45) is 11.0 Å². The molecule has 0 aliphatic carbocycles. The molecule has 1 N–H and O–H groups in total. The van der Waals surface area contributed by atoms with Crippen molar-refractivity contribution in [1.82, 2.24) is 25.6 Å². The monoisotopic (exact) mass is 448 g/mol. The number of nitrogens with one attached hydrogen (secondary N) is 1. The Bertz CT molecular complexity index is 1150. The van der Waals surface area contributed by atoms with Crippen molar-refractivity contribution >= 4 is 23.5 Å². The van der Waals surface area contributed by atoms with Crippen LogP contribution in [0.3, 0.4) is 0 Å². The summed E-state index contributed by atoms with van der Waals surface area (Å²) in [4.78, 5) is 26.6. The zero-order valence-electron chi connectivity index (χ0n) is 18.2. The number of carbonyl (C=O) groups excluding carboxylic acids is 1. The lowest BCUT2D eigenvalue weighted by molar-refractivity contribution is -0.384. The van der Waals surface area contributed by atoms with E-state index >= 15 is 0 Å². The van der Waals surface area contributed by atoms with E-state index in [1.54, 1.807) is 12.1 Å². The highest BCUT2D eigenvalue weighted by Gasteiger charge is 2.23. The topological polar surface area (TPSA) is 131 Å². The number of amides is 1. The van der Waals surface area contributed by atoms with Crippen molar-refractivity contribution in [2.45, 2.75) is 26.3 Å². The summed E-state index contributed by atoms with van der Waals surface area (Å²) in [6, 6.07) is 14.3. The Morgan fingerprint density at radius 2 is 2.00 bits per heavy atom. The summed E-state index contributed by atoms with van der Waals surface area (Å²) < 4.78 is 0. The van der Waals surface area contributed by atoms with Gasteiger partial charge in [-0.2, -0.15) is 9.90 Å². The fourth-order valence-corrected chi connectivity index (χ4v) is 3.64. The summed E-state index contributed by atoms with van der Waals surface area (Å²) in [5, 5.41) is 27.5. The molecule has 2 aromatic carbocycles. The number of benzene rings is 2. The molecule has 0 unspecified atom stereocenters. The predicted molar refractivity (Wildman–Crippen MR) is 123 cm³/mol. The van der Waals surface area contributed by atoms with E-state index in [9.17, 15) is 14.9 Å². The van der Waals surface area contributed by atoms with Crippen molar-refractivity contribution in [3.8, 4) is 11.4 Å². The smallest absolute Gasteiger partial charge is 0.293 e. The van der Waals surface area contributed by atoms with Crippen LogP contribution in [0.15, 0.2) is 53.6 Å². The van der Waals surface area contributed by atoms with Gasteiger partial charge in [-0.25, -0.2) is 5.43 Å². The summed E-state index contributed by atoms with van der Waals surface area (Å²) in [6.45, 7) is 3.63. The zero-order chi connectivity index (χ0) is 23.2. The number of rotatable bonds is 7. The van der Waals surface area contributed by atoms with E-state index in [0.717, 1.165) is 31.5 Å². The molecular weight excluding hydrogens is 424 g/mol. The number of nitro benzene ring substituents is 1. The molecule has 1 saturated heterocycles. The van der Waals surface area contributed by atoms with Crippen LogP contribution in [0.2, 0.25) is 0 Å². The van der Waals surface area contributed by atoms with Crippen LogP contribution >= 0.6 is 0 Å². The molecule has 170 valence electrons.